The largest absolute Gasteiger partial charge is 0.422 e. The van der Waals surface area contributed by atoms with Gasteiger partial charge in [0.15, 0.2) is 5.78 Å². The van der Waals surface area contributed by atoms with Crippen LogP contribution in [-0.4, -0.2) is 60.6 Å². The molecule has 11 nitrogen and oxygen atoms in total. The molecule has 2 fully saturated rings. The molecular weight excluding hydrogens is 698 g/mol. The number of esters is 1. The lowest BCUT2D eigenvalue weighted by molar-refractivity contribution is -0.384. The van der Waals surface area contributed by atoms with E-state index in [1.54, 1.807) is 17.5 Å². The Morgan fingerprint density at radius 2 is 1.50 bits per heavy atom. The van der Waals surface area contributed by atoms with Crippen LogP contribution in [0.5, 0.6) is 5.75 Å². The third-order valence-corrected chi connectivity index (χ3v) is 10.7. The van der Waals surface area contributed by atoms with Gasteiger partial charge in [-0.1, -0.05) is 37.9 Å². The van der Waals surface area contributed by atoms with E-state index in [1.165, 1.54) is 47.7 Å². The lowest BCUT2D eigenvalue weighted by atomic mass is 9.81. The van der Waals surface area contributed by atoms with Gasteiger partial charge >= 0.3 is 5.97 Å². The van der Waals surface area contributed by atoms with Crippen molar-refractivity contribution in [2.45, 2.75) is 22.5 Å². The molecule has 42 heavy (non-hydrogen) atoms. The average molecular weight is 719 g/mol. The Balaban J connectivity index is 1.41. The molecule has 0 spiro atoms. The number of ketones is 1. The van der Waals surface area contributed by atoms with E-state index in [0.717, 1.165) is 22.2 Å². The van der Waals surface area contributed by atoms with E-state index in [-0.39, 0.29) is 32.2 Å². The Kier molecular flexibility index (Phi) is 8.66. The molecule has 1 saturated heterocycles. The number of non-ortho nitro benzene ring substituents is 1. The van der Waals surface area contributed by atoms with Crippen molar-refractivity contribution in [1.29, 1.82) is 0 Å². The smallest absolute Gasteiger partial charge is 0.353 e. The fraction of sp³-hybridized carbons (Fsp3) is 0.250. The van der Waals surface area contributed by atoms with E-state index in [2.05, 4.69) is 31.9 Å². The molecule has 0 radical (unpaired) electrons. The molecule has 2 aliphatic rings. The van der Waals surface area contributed by atoms with Gasteiger partial charge in [0.05, 0.1) is 16.8 Å². The Bertz CT molecular complexity index is 1530. The van der Waals surface area contributed by atoms with Crippen molar-refractivity contribution >= 4 is 78.4 Å². The number of carbonyl (C=O) groups excluding carboxylic acids is 5. The molecule has 5 rings (SSSR count). The molecule has 3 aromatic rings. The van der Waals surface area contributed by atoms with Crippen molar-refractivity contribution in [2.24, 2.45) is 11.8 Å². The molecule has 1 aliphatic heterocycles. The number of hydrazine groups is 1. The number of nitrogens with zero attached hydrogens (tertiary/aromatic N) is 3. The maximum absolute atomic E-state index is 13.7. The standard InChI is InChI=1S/C28H21Br2N3O8S/c29-21-12-19-20(13-22(21)30)27(37)32(26(19)36)31(25(35)16-3-7-17(8-4-16)33(39)40)14-23(34)15-5-9-18(10-6-15)41-28(38)24-2-1-11-42-24/h1-11,19-22H,12-14H2/t19-,20+,21-,22-/m0/s1. The zero-order valence-electron chi connectivity index (χ0n) is 21.6. The molecule has 3 amide bonds. The van der Waals surface area contributed by atoms with Crippen LogP contribution >= 0.6 is 43.2 Å². The Hall–Kier alpha value is -3.75. The summed E-state index contributed by atoms with van der Waals surface area (Å²) in [7, 11) is 0. The first-order chi connectivity index (χ1) is 20.0. The van der Waals surface area contributed by atoms with Crippen molar-refractivity contribution in [1.82, 2.24) is 10.0 Å². The fourth-order valence-corrected chi connectivity index (χ4v) is 6.75. The third kappa shape index (κ3) is 5.92. The first kappa shape index (κ1) is 29.7. The number of halogens is 2. The van der Waals surface area contributed by atoms with Crippen molar-refractivity contribution in [2.75, 3.05) is 6.54 Å². The molecule has 2 heterocycles. The van der Waals surface area contributed by atoms with Gasteiger partial charge in [0, 0.05) is 32.9 Å². The third-order valence-electron chi connectivity index (χ3n) is 7.09. The van der Waals surface area contributed by atoms with Crippen molar-refractivity contribution in [3.63, 3.8) is 0 Å². The number of thiophene rings is 1. The van der Waals surface area contributed by atoms with Crippen molar-refractivity contribution in [3.8, 4) is 5.75 Å². The number of imide groups is 1. The number of hydrogen-bond acceptors (Lipinski definition) is 9. The van der Waals surface area contributed by atoms with E-state index in [9.17, 15) is 34.1 Å². The summed E-state index contributed by atoms with van der Waals surface area (Å²) in [6.45, 7) is -0.656. The number of nitro groups is 1. The number of carbonyl (C=O) groups is 5. The van der Waals surface area contributed by atoms with Gasteiger partial charge < -0.3 is 4.74 Å². The second-order valence-corrected chi connectivity index (χ2v) is 13.0. The van der Waals surface area contributed by atoms with Gasteiger partial charge in [-0.25, -0.2) is 9.80 Å². The van der Waals surface area contributed by atoms with Crippen molar-refractivity contribution < 1.29 is 33.6 Å². The summed E-state index contributed by atoms with van der Waals surface area (Å²) >= 11 is 8.29. The van der Waals surface area contributed by atoms with E-state index in [0.29, 0.717) is 17.7 Å². The number of benzene rings is 2. The number of amides is 3. The van der Waals surface area contributed by atoms with E-state index in [4.69, 9.17) is 4.74 Å². The molecule has 0 N–H and O–H groups in total. The Labute approximate surface area is 259 Å². The van der Waals surface area contributed by atoms with Gasteiger partial charge in [-0.2, -0.15) is 5.01 Å². The lowest BCUT2D eigenvalue weighted by Crippen LogP contribution is -2.52. The van der Waals surface area contributed by atoms with Gasteiger partial charge in [-0.05, 0) is 60.7 Å². The zero-order chi connectivity index (χ0) is 30.1. The molecule has 4 atom stereocenters. The van der Waals surface area contributed by atoms with Crippen LogP contribution < -0.4 is 4.74 Å². The molecule has 1 aromatic heterocycles. The van der Waals surface area contributed by atoms with E-state index in [1.807, 2.05) is 0 Å². The molecule has 1 aliphatic carbocycles. The predicted molar refractivity (Wildman–Crippen MR) is 158 cm³/mol. The zero-order valence-corrected chi connectivity index (χ0v) is 25.5. The van der Waals surface area contributed by atoms with Crippen LogP contribution in [0.25, 0.3) is 0 Å². The van der Waals surface area contributed by atoms with Crippen LogP contribution in [0, 0.1) is 22.0 Å². The number of ether oxygens (including phenoxy) is 1. The molecule has 2 aromatic carbocycles. The van der Waals surface area contributed by atoms with Crippen molar-refractivity contribution in [3.05, 3.63) is 92.2 Å². The number of Topliss-reactive ketones (excluding diaryl/α,β-unsaturated/α-hetero) is 1. The molecule has 0 bridgehead atoms. The molecular formula is C28H21Br2N3O8S. The monoisotopic (exact) mass is 717 g/mol. The minimum Gasteiger partial charge on any atom is -0.422 e. The Morgan fingerprint density at radius 1 is 0.929 bits per heavy atom. The fourth-order valence-electron chi connectivity index (χ4n) is 4.91. The normalized spacial score (nSPS) is 21.5. The summed E-state index contributed by atoms with van der Waals surface area (Å²) in [6, 6.07) is 13.7. The van der Waals surface area contributed by atoms with Gasteiger partial charge in [0.1, 0.15) is 17.2 Å². The summed E-state index contributed by atoms with van der Waals surface area (Å²) in [4.78, 5) is 77.1. The highest BCUT2D eigenvalue weighted by atomic mass is 79.9. The summed E-state index contributed by atoms with van der Waals surface area (Å²) in [6.07, 6.45) is 0.724. The lowest BCUT2D eigenvalue weighted by Gasteiger charge is -2.30. The van der Waals surface area contributed by atoms with Gasteiger partial charge in [-0.15, -0.1) is 11.3 Å². The molecule has 1 saturated carbocycles. The topological polar surface area (TPSA) is 144 Å². The van der Waals surface area contributed by atoms with Gasteiger partial charge in [-0.3, -0.25) is 29.3 Å². The highest BCUT2D eigenvalue weighted by Crippen LogP contribution is 2.43. The number of hydrogen-bond donors (Lipinski definition) is 0. The summed E-state index contributed by atoms with van der Waals surface area (Å²) in [5, 5.41) is 14.4. The number of fused-ring (bicyclic) bond motifs is 1. The second-order valence-electron chi connectivity index (χ2n) is 9.69. The number of alkyl halides is 2. The van der Waals surface area contributed by atoms with Gasteiger partial charge in [0.25, 0.3) is 23.4 Å². The first-order valence-electron chi connectivity index (χ1n) is 12.7. The van der Waals surface area contributed by atoms with Gasteiger partial charge in [0.2, 0.25) is 0 Å². The SMILES string of the molecule is O=C(CN(C(=O)c1ccc([N+](=O)[O-])cc1)N1C(=O)[C@H]2C[C@H](Br)[C@@H](Br)C[C@H]2C1=O)c1ccc(OC(=O)c2cccs2)cc1. The van der Waals surface area contributed by atoms with Crippen LogP contribution in [0.3, 0.4) is 0 Å². The average Bonchev–Trinajstić information content (AvgIpc) is 3.60. The van der Waals surface area contributed by atoms with E-state index >= 15 is 0 Å². The number of rotatable bonds is 8. The first-order valence-corrected chi connectivity index (χ1v) is 15.4. The predicted octanol–water partition coefficient (Wildman–Crippen LogP) is 5.04. The van der Waals surface area contributed by atoms with E-state index < -0.39 is 52.8 Å². The highest BCUT2D eigenvalue weighted by molar-refractivity contribution is 9.12. The molecule has 0 unspecified atom stereocenters. The minimum atomic E-state index is -0.842. The Morgan fingerprint density at radius 3 is 2.02 bits per heavy atom. The van der Waals surface area contributed by atoms with Crippen LogP contribution in [0.1, 0.15) is 43.2 Å². The second kappa shape index (κ2) is 12.2. The summed E-state index contributed by atoms with van der Waals surface area (Å²) in [5.74, 6) is -4.30. The van der Waals surface area contributed by atoms with Crippen LogP contribution in [0.15, 0.2) is 66.0 Å². The summed E-state index contributed by atoms with van der Waals surface area (Å²) < 4.78 is 5.32. The summed E-state index contributed by atoms with van der Waals surface area (Å²) in [5.41, 5.74) is -0.151. The maximum atomic E-state index is 13.7. The molecule has 14 heteroatoms. The maximum Gasteiger partial charge on any atom is 0.353 e. The minimum absolute atomic E-state index is 0.0450. The van der Waals surface area contributed by atoms with Crippen LogP contribution in [0.4, 0.5) is 5.69 Å². The number of nitro benzene ring substituents is 1. The van der Waals surface area contributed by atoms with Crippen LogP contribution in [-0.2, 0) is 9.59 Å². The highest BCUT2D eigenvalue weighted by Gasteiger charge is 2.54. The molecule has 216 valence electrons. The quantitative estimate of drug-likeness (QED) is 0.0600. The van der Waals surface area contributed by atoms with Crippen LogP contribution in [0.2, 0.25) is 0 Å².